The number of hydrogen-bond acceptors (Lipinski definition) is 2. The van der Waals surface area contributed by atoms with E-state index in [0.29, 0.717) is 12.1 Å². The molecule has 0 aliphatic carbocycles. The Labute approximate surface area is 113 Å². The summed E-state index contributed by atoms with van der Waals surface area (Å²) in [5, 5.41) is -0.962. The lowest BCUT2D eigenvalue weighted by atomic mass is 10.2. The Balaban J connectivity index is 3.24. The normalized spacial score (nSPS) is 14.4. The number of hydrogen-bond donors (Lipinski definition) is 0. The zero-order chi connectivity index (χ0) is 14.8. The van der Waals surface area contributed by atoms with E-state index >= 15 is 0 Å². The van der Waals surface area contributed by atoms with Gasteiger partial charge in [0.2, 0.25) is 0 Å². The molecule has 1 unspecified atom stereocenters. The predicted molar refractivity (Wildman–Crippen MR) is 63.4 cm³/mol. The average molecular weight is 319 g/mol. The number of alkyl halides is 4. The van der Waals surface area contributed by atoms with Gasteiger partial charge in [-0.05, 0) is 31.5 Å². The molecule has 108 valence electrons. The topological polar surface area (TPSA) is 34.1 Å². The molecule has 0 aliphatic heterocycles. The molecular formula is C11H11ClF4O2S. The fourth-order valence-corrected chi connectivity index (χ4v) is 3.34. The van der Waals surface area contributed by atoms with Crippen LogP contribution in [0.25, 0.3) is 0 Å². The first-order valence-corrected chi connectivity index (χ1v) is 7.35. The summed E-state index contributed by atoms with van der Waals surface area (Å²) in [5.41, 5.74) is -1.23. The van der Waals surface area contributed by atoms with E-state index < -0.39 is 37.5 Å². The third-order valence-corrected chi connectivity index (χ3v) is 5.07. The third kappa shape index (κ3) is 3.60. The molecule has 0 saturated carbocycles. The van der Waals surface area contributed by atoms with Gasteiger partial charge < -0.3 is 0 Å². The molecule has 1 rings (SSSR count). The average Bonchev–Trinajstić information content (AvgIpc) is 2.27. The summed E-state index contributed by atoms with van der Waals surface area (Å²) >= 11 is 5.41. The second kappa shape index (κ2) is 5.66. The van der Waals surface area contributed by atoms with Crippen LogP contribution in [0.2, 0.25) is 0 Å². The van der Waals surface area contributed by atoms with Crippen molar-refractivity contribution in [2.45, 2.75) is 29.7 Å². The minimum absolute atomic E-state index is 0.0582. The van der Waals surface area contributed by atoms with Crippen LogP contribution in [0.15, 0.2) is 23.1 Å². The van der Waals surface area contributed by atoms with Gasteiger partial charge in [0.05, 0.1) is 10.8 Å². The zero-order valence-electron chi connectivity index (χ0n) is 9.84. The molecule has 0 aromatic heterocycles. The molecule has 0 spiro atoms. The van der Waals surface area contributed by atoms with Crippen LogP contribution in [0.5, 0.6) is 0 Å². The smallest absolute Gasteiger partial charge is 0.223 e. The van der Waals surface area contributed by atoms with E-state index in [1.807, 2.05) is 0 Å². The molecule has 0 heterocycles. The van der Waals surface area contributed by atoms with Gasteiger partial charge in [0.25, 0.3) is 0 Å². The molecule has 0 radical (unpaired) electrons. The first-order chi connectivity index (χ1) is 8.60. The van der Waals surface area contributed by atoms with Crippen LogP contribution < -0.4 is 0 Å². The molecule has 1 aromatic rings. The van der Waals surface area contributed by atoms with Crippen molar-refractivity contribution in [2.24, 2.45) is 0 Å². The van der Waals surface area contributed by atoms with E-state index in [1.54, 1.807) is 0 Å². The Morgan fingerprint density at radius 3 is 2.32 bits per heavy atom. The highest BCUT2D eigenvalue weighted by Crippen LogP contribution is 2.32. The highest BCUT2D eigenvalue weighted by Gasteiger charge is 2.33. The summed E-state index contributed by atoms with van der Waals surface area (Å²) in [5.74, 6) is -1.35. The standard InChI is InChI=1S/C11H11ClF4O2S/c1-7(4-5-12)19(17,18)10-3-2-8(6-9(10)13)11(14,15)16/h2-3,6-7H,4-5H2,1H3. The monoisotopic (exact) mass is 318 g/mol. The van der Waals surface area contributed by atoms with Gasteiger partial charge in [-0.2, -0.15) is 13.2 Å². The minimum atomic E-state index is -4.72. The van der Waals surface area contributed by atoms with Crippen molar-refractivity contribution >= 4 is 21.4 Å². The van der Waals surface area contributed by atoms with Gasteiger partial charge in [-0.25, -0.2) is 12.8 Å². The van der Waals surface area contributed by atoms with Crippen molar-refractivity contribution in [1.82, 2.24) is 0 Å². The lowest BCUT2D eigenvalue weighted by Crippen LogP contribution is -2.20. The molecule has 0 saturated heterocycles. The van der Waals surface area contributed by atoms with E-state index in [2.05, 4.69) is 0 Å². The molecule has 0 fully saturated rings. The van der Waals surface area contributed by atoms with Crippen LogP contribution in [0.4, 0.5) is 17.6 Å². The van der Waals surface area contributed by atoms with Crippen LogP contribution in [0.3, 0.4) is 0 Å². The second-order valence-electron chi connectivity index (χ2n) is 3.98. The van der Waals surface area contributed by atoms with Crippen molar-refractivity contribution in [2.75, 3.05) is 5.88 Å². The molecule has 1 aromatic carbocycles. The minimum Gasteiger partial charge on any atom is -0.223 e. The van der Waals surface area contributed by atoms with Gasteiger partial charge >= 0.3 is 6.18 Å². The summed E-state index contributed by atoms with van der Waals surface area (Å²) < 4.78 is 74.4. The molecular weight excluding hydrogens is 308 g/mol. The second-order valence-corrected chi connectivity index (χ2v) is 6.69. The lowest BCUT2D eigenvalue weighted by Gasteiger charge is -2.13. The molecule has 19 heavy (non-hydrogen) atoms. The number of benzene rings is 1. The van der Waals surface area contributed by atoms with Gasteiger partial charge in [-0.15, -0.1) is 11.6 Å². The largest absolute Gasteiger partial charge is 0.416 e. The maximum absolute atomic E-state index is 13.6. The SMILES string of the molecule is CC(CCCl)S(=O)(=O)c1ccc(C(F)(F)F)cc1F. The van der Waals surface area contributed by atoms with Crippen LogP contribution in [0.1, 0.15) is 18.9 Å². The molecule has 2 nitrogen and oxygen atoms in total. The predicted octanol–water partition coefficient (Wildman–Crippen LogP) is 3.64. The Morgan fingerprint density at radius 2 is 1.89 bits per heavy atom. The first-order valence-electron chi connectivity index (χ1n) is 5.27. The maximum atomic E-state index is 13.6. The zero-order valence-corrected chi connectivity index (χ0v) is 11.4. The van der Waals surface area contributed by atoms with Crippen LogP contribution in [-0.4, -0.2) is 19.5 Å². The fourth-order valence-electron chi connectivity index (χ4n) is 1.43. The molecule has 1 atom stereocenters. The van der Waals surface area contributed by atoms with Gasteiger partial charge in [0, 0.05) is 5.88 Å². The van der Waals surface area contributed by atoms with Gasteiger partial charge in [-0.1, -0.05) is 0 Å². The van der Waals surface area contributed by atoms with Gasteiger partial charge in [0.15, 0.2) is 9.84 Å². The Hall–Kier alpha value is -0.820. The van der Waals surface area contributed by atoms with E-state index in [0.717, 1.165) is 0 Å². The van der Waals surface area contributed by atoms with E-state index in [1.165, 1.54) is 6.92 Å². The molecule has 0 N–H and O–H groups in total. The quantitative estimate of drug-likeness (QED) is 0.627. The van der Waals surface area contributed by atoms with Crippen molar-refractivity contribution < 1.29 is 26.0 Å². The number of halogens is 5. The molecule has 0 bridgehead atoms. The van der Waals surface area contributed by atoms with Crippen LogP contribution >= 0.6 is 11.6 Å². The number of rotatable bonds is 4. The third-order valence-electron chi connectivity index (χ3n) is 2.61. The van der Waals surface area contributed by atoms with Crippen molar-refractivity contribution in [3.63, 3.8) is 0 Å². The summed E-state index contributed by atoms with van der Waals surface area (Å²) in [7, 11) is -4.02. The van der Waals surface area contributed by atoms with Gasteiger partial charge in [-0.3, -0.25) is 0 Å². The summed E-state index contributed by atoms with van der Waals surface area (Å²) in [6.45, 7) is 1.33. The molecule has 8 heteroatoms. The van der Waals surface area contributed by atoms with E-state index in [-0.39, 0.29) is 18.4 Å². The Morgan fingerprint density at radius 1 is 1.32 bits per heavy atom. The Kier molecular flexibility index (Phi) is 4.84. The van der Waals surface area contributed by atoms with Crippen molar-refractivity contribution in [3.05, 3.63) is 29.6 Å². The Bertz CT molecular complexity index is 554. The fraction of sp³-hybridized carbons (Fsp3) is 0.455. The van der Waals surface area contributed by atoms with E-state index in [9.17, 15) is 26.0 Å². The maximum Gasteiger partial charge on any atom is 0.416 e. The summed E-state index contributed by atoms with van der Waals surface area (Å²) in [6, 6.07) is 1.36. The molecule has 0 amide bonds. The first kappa shape index (κ1) is 16.2. The van der Waals surface area contributed by atoms with Crippen LogP contribution in [-0.2, 0) is 16.0 Å². The summed E-state index contributed by atoms with van der Waals surface area (Å²) in [4.78, 5) is -0.738. The highest BCUT2D eigenvalue weighted by atomic mass is 35.5. The molecule has 0 aliphatic rings. The van der Waals surface area contributed by atoms with Crippen molar-refractivity contribution in [1.29, 1.82) is 0 Å². The summed E-state index contributed by atoms with van der Waals surface area (Å²) in [6.07, 6.45) is -4.63. The van der Waals surface area contributed by atoms with Crippen molar-refractivity contribution in [3.8, 4) is 0 Å². The van der Waals surface area contributed by atoms with E-state index in [4.69, 9.17) is 11.6 Å². The lowest BCUT2D eigenvalue weighted by molar-refractivity contribution is -0.137. The van der Waals surface area contributed by atoms with Crippen LogP contribution in [0, 0.1) is 5.82 Å². The highest BCUT2D eigenvalue weighted by molar-refractivity contribution is 7.92. The van der Waals surface area contributed by atoms with Gasteiger partial charge in [0.1, 0.15) is 10.7 Å². The number of sulfone groups is 1.